The molecule has 0 aromatic heterocycles. The average molecular weight is 521 g/mol. The van der Waals surface area contributed by atoms with Gasteiger partial charge < -0.3 is 59.8 Å². The Balaban J connectivity index is 1.46. The van der Waals surface area contributed by atoms with Gasteiger partial charge in [0.25, 0.3) is 0 Å². The monoisotopic (exact) mass is 520 g/mol. The van der Waals surface area contributed by atoms with Crippen LogP contribution < -0.4 is 0 Å². The van der Waals surface area contributed by atoms with Crippen molar-refractivity contribution in [2.24, 2.45) is 17.8 Å². The van der Waals surface area contributed by atoms with Crippen LogP contribution in [0.4, 0.5) is 0 Å². The van der Waals surface area contributed by atoms with Gasteiger partial charge in [-0.25, -0.2) is 0 Å². The molecule has 0 radical (unpaired) electrons. The molecule has 2 saturated carbocycles. The van der Waals surface area contributed by atoms with Crippen molar-refractivity contribution in [1.29, 1.82) is 0 Å². The smallest absolute Gasteiger partial charge is 0.187 e. The summed E-state index contributed by atoms with van der Waals surface area (Å²) in [6.07, 6.45) is -11.8. The van der Waals surface area contributed by atoms with Crippen molar-refractivity contribution < 1.29 is 59.8 Å². The lowest BCUT2D eigenvalue weighted by Crippen LogP contribution is -2.66. The van der Waals surface area contributed by atoms with E-state index in [9.17, 15) is 40.9 Å². The summed E-state index contributed by atoms with van der Waals surface area (Å²) in [5.41, 5.74) is 0. The molecule has 10 unspecified atom stereocenters. The molecule has 0 aromatic carbocycles. The van der Waals surface area contributed by atoms with Crippen molar-refractivity contribution in [3.05, 3.63) is 0 Å². The van der Waals surface area contributed by atoms with E-state index < -0.39 is 79.9 Å². The Kier molecular flexibility index (Phi) is 7.97. The second-order valence-corrected chi connectivity index (χ2v) is 11.4. The Labute approximate surface area is 209 Å². The van der Waals surface area contributed by atoms with Crippen molar-refractivity contribution in [2.75, 3.05) is 6.61 Å². The maximum atomic E-state index is 10.7. The van der Waals surface area contributed by atoms with Gasteiger partial charge in [-0.05, 0) is 50.9 Å². The number of aliphatic hydroxyl groups excluding tert-OH is 8. The molecule has 12 nitrogen and oxygen atoms in total. The summed E-state index contributed by atoms with van der Waals surface area (Å²) in [7, 11) is 0. The first kappa shape index (κ1) is 27.1. The second kappa shape index (κ2) is 10.6. The van der Waals surface area contributed by atoms with E-state index in [0.29, 0.717) is 19.3 Å². The largest absolute Gasteiger partial charge is 0.394 e. The maximum Gasteiger partial charge on any atom is 0.187 e. The van der Waals surface area contributed by atoms with Crippen LogP contribution in [0, 0.1) is 17.8 Å². The van der Waals surface area contributed by atoms with Gasteiger partial charge in [0, 0.05) is 5.92 Å². The highest BCUT2D eigenvalue weighted by atomic mass is 16.7. The molecule has 3 heterocycles. The van der Waals surface area contributed by atoms with Crippen LogP contribution in [0.5, 0.6) is 0 Å². The van der Waals surface area contributed by atoms with Gasteiger partial charge in [0.1, 0.15) is 30.5 Å². The van der Waals surface area contributed by atoms with Gasteiger partial charge >= 0.3 is 0 Å². The minimum Gasteiger partial charge on any atom is -0.394 e. The Morgan fingerprint density at radius 2 is 1.36 bits per heavy atom. The van der Waals surface area contributed by atoms with Crippen LogP contribution in [0.3, 0.4) is 0 Å². The highest BCUT2D eigenvalue weighted by Crippen LogP contribution is 2.50. The van der Waals surface area contributed by atoms with E-state index in [4.69, 9.17) is 18.9 Å². The third-order valence-electron chi connectivity index (χ3n) is 8.93. The predicted octanol–water partition coefficient (Wildman–Crippen LogP) is -3.00. The minimum absolute atomic E-state index is 0.111. The lowest BCUT2D eigenvalue weighted by atomic mass is 9.64. The Morgan fingerprint density at radius 3 is 2.00 bits per heavy atom. The molecule has 208 valence electrons. The van der Waals surface area contributed by atoms with Gasteiger partial charge in [-0.1, -0.05) is 0 Å². The first-order valence-electron chi connectivity index (χ1n) is 13.1. The molecule has 8 N–H and O–H groups in total. The number of hydrogen-bond donors (Lipinski definition) is 8. The minimum atomic E-state index is -1.60. The topological polar surface area (TPSA) is 199 Å². The Hall–Kier alpha value is -0.480. The quantitative estimate of drug-likeness (QED) is 0.187. The lowest BCUT2D eigenvalue weighted by molar-refractivity contribution is -0.351. The van der Waals surface area contributed by atoms with Crippen LogP contribution in [-0.2, 0) is 18.9 Å². The van der Waals surface area contributed by atoms with Gasteiger partial charge in [0.05, 0.1) is 55.4 Å². The van der Waals surface area contributed by atoms with Crippen molar-refractivity contribution in [3.63, 3.8) is 0 Å². The normalized spacial score (nSPS) is 57.8. The van der Waals surface area contributed by atoms with E-state index in [1.54, 1.807) is 0 Å². The number of ether oxygens (including phenoxy) is 4. The van der Waals surface area contributed by atoms with Crippen LogP contribution in [0.15, 0.2) is 0 Å². The van der Waals surface area contributed by atoms with Gasteiger partial charge in [-0.2, -0.15) is 0 Å². The summed E-state index contributed by atoms with van der Waals surface area (Å²) in [4.78, 5) is 0. The van der Waals surface area contributed by atoms with Crippen LogP contribution >= 0.6 is 0 Å². The predicted molar refractivity (Wildman–Crippen MR) is 119 cm³/mol. The van der Waals surface area contributed by atoms with E-state index in [-0.39, 0.29) is 43.0 Å². The van der Waals surface area contributed by atoms with Gasteiger partial charge in [0.2, 0.25) is 0 Å². The van der Waals surface area contributed by atoms with Gasteiger partial charge in [-0.15, -0.1) is 0 Å². The molecule has 36 heavy (non-hydrogen) atoms. The molecule has 2 aliphatic carbocycles. The molecule has 5 aliphatic rings. The van der Waals surface area contributed by atoms with E-state index in [1.807, 2.05) is 6.92 Å². The van der Waals surface area contributed by atoms with Crippen LogP contribution in [0.2, 0.25) is 0 Å². The van der Waals surface area contributed by atoms with Crippen LogP contribution in [-0.4, -0.2) is 133 Å². The highest BCUT2D eigenvalue weighted by Gasteiger charge is 2.58. The molecular formula is C24H40O12. The summed E-state index contributed by atoms with van der Waals surface area (Å²) < 4.78 is 24.7. The fraction of sp³-hybridized carbons (Fsp3) is 1.00. The molecule has 0 bridgehead atoms. The van der Waals surface area contributed by atoms with Crippen molar-refractivity contribution >= 4 is 0 Å². The molecule has 5 fully saturated rings. The number of rotatable bonds is 4. The first-order chi connectivity index (χ1) is 17.1. The molecular weight excluding hydrogens is 480 g/mol. The first-order valence-corrected chi connectivity index (χ1v) is 13.1. The molecule has 3 saturated heterocycles. The van der Waals surface area contributed by atoms with Gasteiger partial charge in [0.15, 0.2) is 6.29 Å². The third-order valence-corrected chi connectivity index (χ3v) is 8.93. The zero-order chi connectivity index (χ0) is 25.9. The van der Waals surface area contributed by atoms with E-state index in [0.717, 1.165) is 0 Å². The number of aliphatic hydroxyl groups is 8. The summed E-state index contributed by atoms with van der Waals surface area (Å²) in [5.74, 6) is -0.673. The zero-order valence-electron chi connectivity index (χ0n) is 20.3. The second-order valence-electron chi connectivity index (χ2n) is 11.4. The zero-order valence-corrected chi connectivity index (χ0v) is 20.3. The summed E-state index contributed by atoms with van der Waals surface area (Å²) >= 11 is 0. The van der Waals surface area contributed by atoms with Crippen LogP contribution in [0.25, 0.3) is 0 Å². The van der Waals surface area contributed by atoms with Crippen LogP contribution in [0.1, 0.15) is 39.0 Å². The van der Waals surface area contributed by atoms with E-state index in [2.05, 4.69) is 0 Å². The maximum absolute atomic E-state index is 10.7. The lowest BCUT2D eigenvalue weighted by Gasteiger charge is -2.58. The standard InChI is InChI=1S/C24H40O12/c1-8-2-11-17-14(33-8)5-10(26)6-15(17)34-22(9-3-12(27)18(29)13(28)4-9)23(11)36-24-21(32)20(31)19(30)16(7-25)35-24/h8-32H,2-7H2,1H3/t8?,9?,10?,11?,12?,13?,14?,15?,16-,17?,18?,19-,20+,21-,22?,23?,24+/m1/s1. The Morgan fingerprint density at radius 1 is 0.722 bits per heavy atom. The SMILES string of the molecule is CC1CC2C(O[C@@H]3O[C@H](CO)[C@@H](O)[C@H](O)[C@H]3O)C(C3CC(O)C(O)C(O)C3)OC3CC(O)CC(O1)C32. The molecule has 0 aromatic rings. The number of hydrogen-bond acceptors (Lipinski definition) is 12. The average Bonchev–Trinajstić information content (AvgIpc) is 2.83. The van der Waals surface area contributed by atoms with Crippen molar-refractivity contribution in [2.45, 2.75) is 125 Å². The molecule has 0 amide bonds. The molecule has 12 heteroatoms. The van der Waals surface area contributed by atoms with E-state index >= 15 is 0 Å². The molecule has 0 spiro atoms. The fourth-order valence-electron chi connectivity index (χ4n) is 7.21. The highest BCUT2D eigenvalue weighted by molar-refractivity contribution is 5.05. The molecule has 5 rings (SSSR count). The molecule has 3 aliphatic heterocycles. The van der Waals surface area contributed by atoms with Crippen molar-refractivity contribution in [3.8, 4) is 0 Å². The fourth-order valence-corrected chi connectivity index (χ4v) is 7.21. The summed E-state index contributed by atoms with van der Waals surface area (Å²) in [5, 5.41) is 82.1. The summed E-state index contributed by atoms with van der Waals surface area (Å²) in [6.45, 7) is 1.35. The summed E-state index contributed by atoms with van der Waals surface area (Å²) in [6, 6.07) is 0. The van der Waals surface area contributed by atoms with Gasteiger partial charge in [-0.3, -0.25) is 0 Å². The van der Waals surface area contributed by atoms with E-state index in [1.165, 1.54) is 0 Å². The Bertz CT molecular complexity index is 741. The van der Waals surface area contributed by atoms with Crippen molar-refractivity contribution in [1.82, 2.24) is 0 Å². The molecule has 15 atom stereocenters. The third kappa shape index (κ3) is 4.85.